The summed E-state index contributed by atoms with van der Waals surface area (Å²) in [4.78, 5) is 7.19. The van der Waals surface area contributed by atoms with E-state index in [4.69, 9.17) is 10.7 Å². The topological polar surface area (TPSA) is 42.2 Å². The van der Waals surface area contributed by atoms with Crippen molar-refractivity contribution in [3.05, 3.63) is 36.5 Å². The van der Waals surface area contributed by atoms with Crippen LogP contribution in [0.5, 0.6) is 0 Å². The summed E-state index contributed by atoms with van der Waals surface area (Å²) in [5.74, 6) is 1.72. The molecule has 0 amide bonds. The third kappa shape index (κ3) is 2.75. The summed E-state index contributed by atoms with van der Waals surface area (Å²) in [5.41, 5.74) is 6.03. The zero-order valence-corrected chi connectivity index (χ0v) is 12.8. The number of aromatic nitrogens is 1. The van der Waals surface area contributed by atoms with Crippen LogP contribution in [-0.2, 0) is 0 Å². The summed E-state index contributed by atoms with van der Waals surface area (Å²) in [6.45, 7) is 4.00. The zero-order chi connectivity index (χ0) is 14.7. The average Bonchev–Trinajstić information content (AvgIpc) is 2.56. The molecule has 0 bridgehead atoms. The van der Waals surface area contributed by atoms with Gasteiger partial charge >= 0.3 is 0 Å². The second-order valence-corrected chi connectivity index (χ2v) is 5.99. The second kappa shape index (κ2) is 6.44. The number of pyridine rings is 1. The van der Waals surface area contributed by atoms with Crippen LogP contribution in [0.1, 0.15) is 32.6 Å². The van der Waals surface area contributed by atoms with E-state index in [9.17, 15) is 0 Å². The van der Waals surface area contributed by atoms with Crippen LogP contribution in [0.3, 0.4) is 0 Å². The van der Waals surface area contributed by atoms with E-state index in [1.807, 2.05) is 6.20 Å². The maximum Gasteiger partial charge on any atom is 0.136 e. The maximum absolute atomic E-state index is 6.03. The Balaban J connectivity index is 2.01. The smallest absolute Gasteiger partial charge is 0.136 e. The molecule has 0 spiro atoms. The molecule has 1 fully saturated rings. The predicted molar refractivity (Wildman–Crippen MR) is 89.6 cm³/mol. The van der Waals surface area contributed by atoms with Crippen LogP contribution in [-0.4, -0.2) is 24.1 Å². The number of fused-ring (bicyclic) bond motifs is 1. The molecule has 2 atom stereocenters. The Morgan fingerprint density at radius 2 is 2.00 bits per heavy atom. The molecule has 2 N–H and O–H groups in total. The molecule has 1 aliphatic carbocycles. The first-order chi connectivity index (χ1) is 10.3. The standard InChI is InChI=1S/C18H25N3/c1-2-21(17-10-6-4-8-15(17)13-19)18-16-9-5-3-7-14(16)11-12-20-18/h3,5,7,9,11-12,15,17H,2,4,6,8,10,13,19H2,1H3. The van der Waals surface area contributed by atoms with Gasteiger partial charge in [0.2, 0.25) is 0 Å². The Kier molecular flexibility index (Phi) is 4.39. The SMILES string of the molecule is CCN(c1nccc2ccccc12)C1CCCCC1CN. The minimum absolute atomic E-state index is 0.534. The lowest BCUT2D eigenvalue weighted by Crippen LogP contribution is -2.45. The molecule has 3 rings (SSSR count). The van der Waals surface area contributed by atoms with Gasteiger partial charge in [0.15, 0.2) is 0 Å². The highest BCUT2D eigenvalue weighted by molar-refractivity contribution is 5.92. The fraction of sp³-hybridized carbons (Fsp3) is 0.500. The number of rotatable bonds is 4. The van der Waals surface area contributed by atoms with Gasteiger partial charge < -0.3 is 10.6 Å². The molecule has 21 heavy (non-hydrogen) atoms. The Morgan fingerprint density at radius 1 is 1.19 bits per heavy atom. The van der Waals surface area contributed by atoms with Crippen LogP contribution in [0.4, 0.5) is 5.82 Å². The van der Waals surface area contributed by atoms with Gasteiger partial charge in [-0.15, -0.1) is 0 Å². The second-order valence-electron chi connectivity index (χ2n) is 5.99. The Hall–Kier alpha value is -1.61. The van der Waals surface area contributed by atoms with Crippen molar-refractivity contribution in [1.29, 1.82) is 0 Å². The fourth-order valence-corrected chi connectivity index (χ4v) is 3.75. The van der Waals surface area contributed by atoms with Gasteiger partial charge in [-0.25, -0.2) is 4.98 Å². The lowest BCUT2D eigenvalue weighted by molar-refractivity contribution is 0.300. The van der Waals surface area contributed by atoms with Gasteiger partial charge in [0.1, 0.15) is 5.82 Å². The van der Waals surface area contributed by atoms with Crippen LogP contribution in [0.15, 0.2) is 36.5 Å². The van der Waals surface area contributed by atoms with Crippen molar-refractivity contribution in [3.8, 4) is 0 Å². The minimum Gasteiger partial charge on any atom is -0.353 e. The summed E-state index contributed by atoms with van der Waals surface area (Å²) in [6.07, 6.45) is 7.05. The Bertz CT molecular complexity index is 591. The molecule has 1 aromatic heterocycles. The van der Waals surface area contributed by atoms with Crippen LogP contribution in [0.2, 0.25) is 0 Å². The van der Waals surface area contributed by atoms with Gasteiger partial charge in [0, 0.05) is 24.2 Å². The van der Waals surface area contributed by atoms with Crippen molar-refractivity contribution in [2.45, 2.75) is 38.6 Å². The first kappa shape index (κ1) is 14.3. The molecule has 0 radical (unpaired) electrons. The molecule has 2 unspecified atom stereocenters. The van der Waals surface area contributed by atoms with Gasteiger partial charge in [-0.1, -0.05) is 37.1 Å². The van der Waals surface area contributed by atoms with E-state index >= 15 is 0 Å². The fourth-order valence-electron chi connectivity index (χ4n) is 3.75. The summed E-state index contributed by atoms with van der Waals surface area (Å²) >= 11 is 0. The lowest BCUT2D eigenvalue weighted by atomic mass is 9.83. The third-order valence-corrected chi connectivity index (χ3v) is 4.84. The van der Waals surface area contributed by atoms with Crippen molar-refractivity contribution >= 4 is 16.6 Å². The van der Waals surface area contributed by atoms with Gasteiger partial charge in [-0.3, -0.25) is 0 Å². The van der Waals surface area contributed by atoms with E-state index in [0.717, 1.165) is 18.9 Å². The van der Waals surface area contributed by atoms with Crippen LogP contribution < -0.4 is 10.6 Å². The van der Waals surface area contributed by atoms with E-state index in [-0.39, 0.29) is 0 Å². The first-order valence-electron chi connectivity index (χ1n) is 8.15. The number of hydrogen-bond donors (Lipinski definition) is 1. The molecule has 1 saturated carbocycles. The van der Waals surface area contributed by atoms with Crippen molar-refractivity contribution < 1.29 is 0 Å². The Morgan fingerprint density at radius 3 is 2.81 bits per heavy atom. The normalized spacial score (nSPS) is 22.4. The number of nitrogens with zero attached hydrogens (tertiary/aromatic N) is 2. The van der Waals surface area contributed by atoms with Crippen molar-refractivity contribution in [2.75, 3.05) is 18.0 Å². The highest BCUT2D eigenvalue weighted by Crippen LogP contribution is 2.33. The number of benzene rings is 1. The minimum atomic E-state index is 0.534. The number of hydrogen-bond acceptors (Lipinski definition) is 3. The molecule has 2 aromatic rings. The molecule has 0 saturated heterocycles. The lowest BCUT2D eigenvalue weighted by Gasteiger charge is -2.40. The molecule has 3 heteroatoms. The van der Waals surface area contributed by atoms with Crippen molar-refractivity contribution in [1.82, 2.24) is 4.98 Å². The highest BCUT2D eigenvalue weighted by Gasteiger charge is 2.29. The van der Waals surface area contributed by atoms with E-state index in [0.29, 0.717) is 12.0 Å². The van der Waals surface area contributed by atoms with Gasteiger partial charge in [-0.2, -0.15) is 0 Å². The zero-order valence-electron chi connectivity index (χ0n) is 12.8. The van der Waals surface area contributed by atoms with E-state index in [1.165, 1.54) is 36.5 Å². The summed E-state index contributed by atoms with van der Waals surface area (Å²) in [7, 11) is 0. The van der Waals surface area contributed by atoms with Gasteiger partial charge in [0.25, 0.3) is 0 Å². The highest BCUT2D eigenvalue weighted by atomic mass is 15.2. The van der Waals surface area contributed by atoms with Crippen molar-refractivity contribution in [3.63, 3.8) is 0 Å². The van der Waals surface area contributed by atoms with Crippen LogP contribution in [0, 0.1) is 5.92 Å². The van der Waals surface area contributed by atoms with E-state index < -0.39 is 0 Å². The number of nitrogens with two attached hydrogens (primary N) is 1. The van der Waals surface area contributed by atoms with Crippen molar-refractivity contribution in [2.24, 2.45) is 11.7 Å². The monoisotopic (exact) mass is 283 g/mol. The summed E-state index contributed by atoms with van der Waals surface area (Å²) < 4.78 is 0. The molecule has 1 aliphatic rings. The van der Waals surface area contributed by atoms with E-state index in [2.05, 4.69) is 42.2 Å². The van der Waals surface area contributed by atoms with Gasteiger partial charge in [-0.05, 0) is 43.7 Å². The summed E-state index contributed by atoms with van der Waals surface area (Å²) in [5, 5.41) is 2.52. The quantitative estimate of drug-likeness (QED) is 0.932. The predicted octanol–water partition coefficient (Wildman–Crippen LogP) is 3.58. The van der Waals surface area contributed by atoms with E-state index in [1.54, 1.807) is 0 Å². The molecule has 112 valence electrons. The molecule has 1 aromatic carbocycles. The molecular formula is C18H25N3. The average molecular weight is 283 g/mol. The first-order valence-corrected chi connectivity index (χ1v) is 8.15. The largest absolute Gasteiger partial charge is 0.353 e. The third-order valence-electron chi connectivity index (χ3n) is 4.84. The van der Waals surface area contributed by atoms with Gasteiger partial charge in [0.05, 0.1) is 0 Å². The Labute approximate surface area is 127 Å². The molecular weight excluding hydrogens is 258 g/mol. The molecule has 3 nitrogen and oxygen atoms in total. The molecule has 1 heterocycles. The maximum atomic E-state index is 6.03. The van der Waals surface area contributed by atoms with Crippen LogP contribution in [0.25, 0.3) is 10.8 Å². The number of anilines is 1. The van der Waals surface area contributed by atoms with Crippen LogP contribution >= 0.6 is 0 Å². The summed E-state index contributed by atoms with van der Waals surface area (Å²) in [6, 6.07) is 11.2. The molecule has 0 aliphatic heterocycles.